The Morgan fingerprint density at radius 2 is 1.05 bits per heavy atom. The summed E-state index contributed by atoms with van der Waals surface area (Å²) in [6.45, 7) is -1.96. The summed E-state index contributed by atoms with van der Waals surface area (Å²) in [4.78, 5) is 85.2. The van der Waals surface area contributed by atoms with Crippen LogP contribution in [0.15, 0.2) is 0 Å². The Labute approximate surface area is 205 Å². The van der Waals surface area contributed by atoms with Crippen molar-refractivity contribution in [1.82, 2.24) is 0 Å². The zero-order chi connectivity index (χ0) is 28.8. The van der Waals surface area contributed by atoms with E-state index in [-0.39, 0.29) is 12.9 Å². The van der Waals surface area contributed by atoms with Gasteiger partial charge in [0.05, 0.1) is 6.61 Å². The number of hydrogen-bond donors (Lipinski definition) is 9. The fourth-order valence-corrected chi connectivity index (χ4v) is 5.48. The monoisotopic (exact) mass is 630 g/mol. The van der Waals surface area contributed by atoms with Gasteiger partial charge in [0.2, 0.25) is 0 Å². The predicted octanol–water partition coefficient (Wildman–Crippen LogP) is -3.63. The van der Waals surface area contributed by atoms with Gasteiger partial charge in [0.25, 0.3) is 12.9 Å². The van der Waals surface area contributed by atoms with Crippen LogP contribution in [-0.4, -0.2) is 113 Å². The molecule has 0 aromatic heterocycles. The first-order chi connectivity index (χ1) is 16.7. The van der Waals surface area contributed by atoms with E-state index in [0.717, 1.165) is 0 Å². The highest BCUT2D eigenvalue weighted by Gasteiger charge is 2.58. The fraction of sp³-hybridized carbons (Fsp3) is 0.818. The molecule has 1 saturated carbocycles. The van der Waals surface area contributed by atoms with Gasteiger partial charge in [-0.2, -0.15) is 0 Å². The van der Waals surface area contributed by atoms with E-state index in [1.165, 1.54) is 0 Å². The third-order valence-electron chi connectivity index (χ3n) is 4.05. The van der Waals surface area contributed by atoms with Gasteiger partial charge in [-0.25, -0.2) is 18.3 Å². The fourth-order valence-electron chi connectivity index (χ4n) is 2.83. The van der Waals surface area contributed by atoms with Crippen molar-refractivity contribution in [2.45, 2.75) is 42.7 Å². The van der Waals surface area contributed by atoms with Gasteiger partial charge in [0, 0.05) is 0 Å². The molecule has 1 rings (SSSR count). The molecular weight excluding hydrogens is 608 g/mol. The Morgan fingerprint density at radius 1 is 0.622 bits per heavy atom. The molecule has 0 saturated heterocycles. The van der Waals surface area contributed by atoms with Crippen molar-refractivity contribution in [3.8, 4) is 0 Å². The molecule has 0 aliphatic heterocycles. The molecule has 0 aromatic carbocycles. The Bertz CT molecular complexity index is 914. The van der Waals surface area contributed by atoms with Crippen LogP contribution in [0.4, 0.5) is 0 Å². The van der Waals surface area contributed by atoms with Crippen LogP contribution in [0.5, 0.6) is 0 Å². The highest BCUT2D eigenvalue weighted by Crippen LogP contribution is 2.53. The number of phosphoric acid groups is 4. The molecule has 0 heterocycles. The van der Waals surface area contributed by atoms with E-state index in [1.807, 2.05) is 0 Å². The second kappa shape index (κ2) is 13.6. The Hall–Kier alpha value is -0.700. The molecule has 0 spiro atoms. The summed E-state index contributed by atoms with van der Waals surface area (Å²) >= 11 is 0. The zero-order valence-corrected chi connectivity index (χ0v) is 21.3. The van der Waals surface area contributed by atoms with Gasteiger partial charge in [0.15, 0.2) is 6.10 Å². The third kappa shape index (κ3) is 12.3. The van der Waals surface area contributed by atoms with Gasteiger partial charge in [-0.15, -0.1) is 0 Å². The molecule has 218 valence electrons. The molecule has 9 N–H and O–H groups in total. The lowest BCUT2D eigenvalue weighted by molar-refractivity contribution is -0.209. The molecular formula is C11H22O22P4. The van der Waals surface area contributed by atoms with Gasteiger partial charge < -0.3 is 53.9 Å². The third-order valence-corrected chi connectivity index (χ3v) is 6.59. The SMILES string of the molecule is O=COC[C@H](COP(=O)(O)OC1[C@H](O)[C@H](OP(=O)(O)O)C(OP(=O)(O)O)[C@H](OP(=O)(O)O)[C@H]1O)OC=O. The minimum absolute atomic E-state index is 0.0800. The number of ether oxygens (including phenoxy) is 2. The van der Waals surface area contributed by atoms with E-state index >= 15 is 0 Å². The number of carbonyl (C=O) groups is 2. The van der Waals surface area contributed by atoms with Crippen molar-refractivity contribution in [3.05, 3.63) is 0 Å². The zero-order valence-electron chi connectivity index (χ0n) is 17.7. The van der Waals surface area contributed by atoms with Crippen molar-refractivity contribution in [1.29, 1.82) is 0 Å². The quantitative estimate of drug-likeness (QED) is 0.0586. The Kier molecular flexibility index (Phi) is 12.6. The van der Waals surface area contributed by atoms with Crippen molar-refractivity contribution >= 4 is 44.2 Å². The first-order valence-corrected chi connectivity index (χ1v) is 15.2. The number of rotatable bonds is 16. The van der Waals surface area contributed by atoms with Crippen molar-refractivity contribution in [2.24, 2.45) is 0 Å². The van der Waals surface area contributed by atoms with Crippen molar-refractivity contribution < 1.29 is 104 Å². The summed E-state index contributed by atoms with van der Waals surface area (Å²) < 4.78 is 76.5. The molecule has 1 aliphatic rings. The van der Waals surface area contributed by atoms with Crippen LogP contribution < -0.4 is 0 Å². The van der Waals surface area contributed by atoms with E-state index in [9.17, 15) is 43.0 Å². The number of hydrogen-bond acceptors (Lipinski definition) is 15. The van der Waals surface area contributed by atoms with E-state index in [2.05, 4.69) is 32.1 Å². The van der Waals surface area contributed by atoms with Crippen molar-refractivity contribution in [3.63, 3.8) is 0 Å². The van der Waals surface area contributed by atoms with Crippen LogP contribution in [0, 0.1) is 0 Å². The largest absolute Gasteiger partial charge is 0.472 e. The minimum Gasteiger partial charge on any atom is -0.464 e. The molecule has 0 amide bonds. The molecule has 0 bridgehead atoms. The molecule has 1 fully saturated rings. The van der Waals surface area contributed by atoms with Gasteiger partial charge in [0.1, 0.15) is 43.2 Å². The number of phosphoric ester groups is 4. The summed E-state index contributed by atoms with van der Waals surface area (Å²) in [6, 6.07) is 0. The maximum atomic E-state index is 12.3. The molecule has 1 aliphatic carbocycles. The lowest BCUT2D eigenvalue weighted by atomic mass is 9.85. The molecule has 0 aromatic rings. The van der Waals surface area contributed by atoms with Crippen LogP contribution in [0.3, 0.4) is 0 Å². The van der Waals surface area contributed by atoms with Crippen LogP contribution in [0.25, 0.3) is 0 Å². The molecule has 3 unspecified atom stereocenters. The summed E-state index contributed by atoms with van der Waals surface area (Å²) in [7, 11) is -22.7. The number of carbonyl (C=O) groups excluding carboxylic acids is 2. The van der Waals surface area contributed by atoms with Crippen LogP contribution in [0.1, 0.15) is 0 Å². The average molecular weight is 630 g/mol. The summed E-state index contributed by atoms with van der Waals surface area (Å²) in [5.74, 6) is 0. The van der Waals surface area contributed by atoms with Crippen molar-refractivity contribution in [2.75, 3.05) is 13.2 Å². The minimum atomic E-state index is -5.73. The molecule has 0 radical (unpaired) electrons. The van der Waals surface area contributed by atoms with Gasteiger partial charge >= 0.3 is 31.3 Å². The number of aliphatic hydroxyl groups excluding tert-OH is 2. The maximum absolute atomic E-state index is 12.3. The molecule has 37 heavy (non-hydrogen) atoms. The van der Waals surface area contributed by atoms with Gasteiger partial charge in [-0.05, 0) is 0 Å². The topological polar surface area (TPSA) is 349 Å². The second-order valence-electron chi connectivity index (χ2n) is 6.78. The van der Waals surface area contributed by atoms with E-state index in [1.54, 1.807) is 0 Å². The maximum Gasteiger partial charge on any atom is 0.472 e. The summed E-state index contributed by atoms with van der Waals surface area (Å²) in [6.07, 6.45) is -17.8. The first-order valence-electron chi connectivity index (χ1n) is 9.07. The second-order valence-corrected chi connectivity index (χ2v) is 11.8. The average Bonchev–Trinajstić information content (AvgIpc) is 2.71. The standard InChI is InChI=1S/C11H22O22P4/c12-3-27-1-5(28-4-13)2-29-37(25,26)33-8-6(14)9(30-34(16,17)18)11(32-36(22,23)24)10(7(8)15)31-35(19,20)21/h3-11,14-15H,1-2H2,(H,25,26)(H2,16,17,18)(H2,19,20,21)(H2,22,23,24)/t5-,6+,7+,8?,9-,10+,11?/m1/s1. The first kappa shape index (κ1) is 34.3. The van der Waals surface area contributed by atoms with Crippen LogP contribution in [-0.2, 0) is 59.9 Å². The smallest absolute Gasteiger partial charge is 0.464 e. The Morgan fingerprint density at radius 3 is 1.43 bits per heavy atom. The molecule has 8 atom stereocenters. The highest BCUT2D eigenvalue weighted by atomic mass is 31.2. The van der Waals surface area contributed by atoms with E-state index in [4.69, 9.17) is 29.4 Å². The molecule has 26 heteroatoms. The lowest BCUT2D eigenvalue weighted by Crippen LogP contribution is -2.65. The van der Waals surface area contributed by atoms with Gasteiger partial charge in [-0.3, -0.25) is 32.2 Å². The number of aliphatic hydroxyl groups is 2. The van der Waals surface area contributed by atoms with Crippen LogP contribution in [0.2, 0.25) is 0 Å². The summed E-state index contributed by atoms with van der Waals surface area (Å²) in [5.41, 5.74) is 0. The highest BCUT2D eigenvalue weighted by molar-refractivity contribution is 7.47. The molecule has 22 nitrogen and oxygen atoms in total. The normalized spacial score (nSPS) is 29.6. The lowest BCUT2D eigenvalue weighted by Gasteiger charge is -2.45. The van der Waals surface area contributed by atoms with Crippen LogP contribution >= 0.6 is 31.3 Å². The van der Waals surface area contributed by atoms with E-state index in [0.29, 0.717) is 0 Å². The van der Waals surface area contributed by atoms with Gasteiger partial charge in [-0.1, -0.05) is 0 Å². The predicted molar refractivity (Wildman–Crippen MR) is 106 cm³/mol. The summed E-state index contributed by atoms with van der Waals surface area (Å²) in [5, 5.41) is 20.9. The Balaban J connectivity index is 3.34. The van der Waals surface area contributed by atoms with E-state index < -0.39 is 87.2 Å².